The Kier molecular flexibility index (Phi) is 5.87. The van der Waals surface area contributed by atoms with Crippen LogP contribution < -0.4 is 5.32 Å². The predicted molar refractivity (Wildman–Crippen MR) is 71.7 cm³/mol. The number of nitrogens with one attached hydrogen (secondary N) is 1. The van der Waals surface area contributed by atoms with Crippen molar-refractivity contribution < 1.29 is 0 Å². The number of aryl methyl sites for hydroxylation is 1. The highest BCUT2D eigenvalue weighted by Gasteiger charge is 2.06. The van der Waals surface area contributed by atoms with Crippen LogP contribution in [0.5, 0.6) is 0 Å². The lowest BCUT2D eigenvalue weighted by Gasteiger charge is -2.17. The summed E-state index contributed by atoms with van der Waals surface area (Å²) in [5, 5.41) is 3.47. The smallest absolute Gasteiger partial charge is 0.0274 e. The van der Waals surface area contributed by atoms with Crippen LogP contribution in [0, 0.1) is 0 Å². The first-order valence-electron chi connectivity index (χ1n) is 6.16. The molecule has 1 N–H and O–H groups in total. The van der Waals surface area contributed by atoms with Crippen LogP contribution in [0.1, 0.15) is 32.3 Å². The quantitative estimate of drug-likeness (QED) is 0.689. The molecule has 0 aliphatic carbocycles. The Morgan fingerprint density at radius 3 is 2.56 bits per heavy atom. The standard InChI is InChI=1S/C15H23N/c1-4-16-15(13(2)3)12-8-11-14-9-6-5-7-10-14/h5-7,9-10,15-16H,2,4,8,11-12H2,1,3H3. The van der Waals surface area contributed by atoms with Gasteiger partial charge in [-0.15, -0.1) is 0 Å². The fraction of sp³-hybridized carbons (Fsp3) is 0.467. The molecule has 0 bridgehead atoms. The van der Waals surface area contributed by atoms with Gasteiger partial charge in [0.1, 0.15) is 0 Å². The van der Waals surface area contributed by atoms with Gasteiger partial charge in [-0.3, -0.25) is 0 Å². The van der Waals surface area contributed by atoms with Crippen molar-refractivity contribution in [2.45, 2.75) is 39.2 Å². The van der Waals surface area contributed by atoms with E-state index in [0.717, 1.165) is 13.0 Å². The molecule has 88 valence electrons. The van der Waals surface area contributed by atoms with Gasteiger partial charge in [-0.25, -0.2) is 0 Å². The zero-order valence-corrected chi connectivity index (χ0v) is 10.5. The fourth-order valence-electron chi connectivity index (χ4n) is 1.92. The summed E-state index contributed by atoms with van der Waals surface area (Å²) in [6.07, 6.45) is 3.56. The molecule has 1 rings (SSSR count). The number of rotatable bonds is 7. The number of likely N-dealkylation sites (N-methyl/N-ethyl adjacent to an activating group) is 1. The molecule has 0 heterocycles. The SMILES string of the molecule is C=C(C)C(CCCc1ccccc1)NCC. The van der Waals surface area contributed by atoms with Crippen LogP contribution in [0.4, 0.5) is 0 Å². The summed E-state index contributed by atoms with van der Waals surface area (Å²) in [4.78, 5) is 0. The van der Waals surface area contributed by atoms with Crippen LogP contribution in [-0.2, 0) is 6.42 Å². The van der Waals surface area contributed by atoms with Gasteiger partial charge in [-0.2, -0.15) is 0 Å². The van der Waals surface area contributed by atoms with Gasteiger partial charge in [0.2, 0.25) is 0 Å². The third-order valence-corrected chi connectivity index (χ3v) is 2.85. The molecular weight excluding hydrogens is 194 g/mol. The van der Waals surface area contributed by atoms with Gasteiger partial charge < -0.3 is 5.32 Å². The highest BCUT2D eigenvalue weighted by Crippen LogP contribution is 2.10. The third kappa shape index (κ3) is 4.63. The predicted octanol–water partition coefficient (Wildman–Crippen LogP) is 3.56. The molecule has 0 aliphatic rings. The second-order valence-electron chi connectivity index (χ2n) is 4.33. The van der Waals surface area contributed by atoms with E-state index < -0.39 is 0 Å². The van der Waals surface area contributed by atoms with Gasteiger partial charge in [0, 0.05) is 6.04 Å². The van der Waals surface area contributed by atoms with Gasteiger partial charge in [0.05, 0.1) is 0 Å². The summed E-state index contributed by atoms with van der Waals surface area (Å²) in [6, 6.07) is 11.2. The Morgan fingerprint density at radius 2 is 2.00 bits per heavy atom. The molecule has 0 saturated carbocycles. The van der Waals surface area contributed by atoms with Gasteiger partial charge in [-0.1, -0.05) is 49.4 Å². The van der Waals surface area contributed by atoms with E-state index in [1.54, 1.807) is 0 Å². The summed E-state index contributed by atoms with van der Waals surface area (Å²) in [5.41, 5.74) is 2.68. The van der Waals surface area contributed by atoms with E-state index in [2.05, 4.69) is 56.1 Å². The second-order valence-corrected chi connectivity index (χ2v) is 4.33. The van der Waals surface area contributed by atoms with Crippen molar-refractivity contribution in [2.24, 2.45) is 0 Å². The van der Waals surface area contributed by atoms with E-state index in [1.807, 2.05) is 0 Å². The van der Waals surface area contributed by atoms with Crippen molar-refractivity contribution in [1.82, 2.24) is 5.32 Å². The lowest BCUT2D eigenvalue weighted by atomic mass is 10.0. The Labute approximate surface area is 99.6 Å². The lowest BCUT2D eigenvalue weighted by molar-refractivity contribution is 0.532. The first-order valence-corrected chi connectivity index (χ1v) is 6.16. The number of hydrogen-bond donors (Lipinski definition) is 1. The van der Waals surface area contributed by atoms with Crippen molar-refractivity contribution in [3.8, 4) is 0 Å². The molecule has 16 heavy (non-hydrogen) atoms. The molecule has 1 aromatic rings. The molecule has 1 heteroatoms. The van der Waals surface area contributed by atoms with E-state index in [1.165, 1.54) is 24.0 Å². The van der Waals surface area contributed by atoms with Gasteiger partial charge in [0.25, 0.3) is 0 Å². The summed E-state index contributed by atoms with van der Waals surface area (Å²) < 4.78 is 0. The first kappa shape index (κ1) is 13.0. The molecule has 1 atom stereocenters. The lowest BCUT2D eigenvalue weighted by Crippen LogP contribution is -2.29. The van der Waals surface area contributed by atoms with Gasteiger partial charge in [-0.05, 0) is 38.3 Å². The summed E-state index contributed by atoms with van der Waals surface area (Å²) in [6.45, 7) is 9.31. The molecule has 1 nitrogen and oxygen atoms in total. The van der Waals surface area contributed by atoms with Crippen LogP contribution in [0.2, 0.25) is 0 Å². The average molecular weight is 217 g/mol. The zero-order valence-electron chi connectivity index (χ0n) is 10.5. The normalized spacial score (nSPS) is 12.4. The minimum Gasteiger partial charge on any atom is -0.311 e. The van der Waals surface area contributed by atoms with E-state index in [4.69, 9.17) is 0 Å². The fourth-order valence-corrected chi connectivity index (χ4v) is 1.92. The molecule has 1 unspecified atom stereocenters. The molecule has 1 aromatic carbocycles. The monoisotopic (exact) mass is 217 g/mol. The van der Waals surface area contributed by atoms with Crippen LogP contribution >= 0.6 is 0 Å². The van der Waals surface area contributed by atoms with E-state index in [-0.39, 0.29) is 0 Å². The third-order valence-electron chi connectivity index (χ3n) is 2.85. The molecule has 0 radical (unpaired) electrons. The molecule has 0 amide bonds. The van der Waals surface area contributed by atoms with Crippen molar-refractivity contribution >= 4 is 0 Å². The zero-order chi connectivity index (χ0) is 11.8. The Bertz CT molecular complexity index is 302. The number of hydrogen-bond acceptors (Lipinski definition) is 1. The topological polar surface area (TPSA) is 12.0 Å². The van der Waals surface area contributed by atoms with Crippen molar-refractivity contribution in [3.05, 3.63) is 48.0 Å². The van der Waals surface area contributed by atoms with Crippen LogP contribution in [-0.4, -0.2) is 12.6 Å². The van der Waals surface area contributed by atoms with Crippen LogP contribution in [0.25, 0.3) is 0 Å². The minimum absolute atomic E-state index is 0.480. The maximum Gasteiger partial charge on any atom is 0.0274 e. The van der Waals surface area contributed by atoms with Crippen molar-refractivity contribution in [1.29, 1.82) is 0 Å². The Hall–Kier alpha value is -1.08. The average Bonchev–Trinajstić information content (AvgIpc) is 2.29. The largest absolute Gasteiger partial charge is 0.311 e. The molecular formula is C15H23N. The molecule has 0 saturated heterocycles. The summed E-state index contributed by atoms with van der Waals surface area (Å²) in [7, 11) is 0. The molecule has 0 aliphatic heterocycles. The molecule has 0 spiro atoms. The van der Waals surface area contributed by atoms with Crippen LogP contribution in [0.15, 0.2) is 42.5 Å². The van der Waals surface area contributed by atoms with Gasteiger partial charge >= 0.3 is 0 Å². The highest BCUT2D eigenvalue weighted by atomic mass is 14.9. The minimum atomic E-state index is 0.480. The summed E-state index contributed by atoms with van der Waals surface area (Å²) >= 11 is 0. The Morgan fingerprint density at radius 1 is 1.31 bits per heavy atom. The van der Waals surface area contributed by atoms with E-state index in [0.29, 0.717) is 6.04 Å². The highest BCUT2D eigenvalue weighted by molar-refractivity contribution is 5.14. The van der Waals surface area contributed by atoms with Crippen molar-refractivity contribution in [3.63, 3.8) is 0 Å². The number of benzene rings is 1. The van der Waals surface area contributed by atoms with E-state index in [9.17, 15) is 0 Å². The molecule has 0 aromatic heterocycles. The maximum absolute atomic E-state index is 4.04. The first-order chi connectivity index (χ1) is 7.74. The van der Waals surface area contributed by atoms with Crippen molar-refractivity contribution in [2.75, 3.05) is 6.54 Å². The summed E-state index contributed by atoms with van der Waals surface area (Å²) in [5.74, 6) is 0. The maximum atomic E-state index is 4.04. The van der Waals surface area contributed by atoms with E-state index >= 15 is 0 Å². The second kappa shape index (κ2) is 7.24. The molecule has 0 fully saturated rings. The van der Waals surface area contributed by atoms with Gasteiger partial charge in [0.15, 0.2) is 0 Å². The van der Waals surface area contributed by atoms with Crippen LogP contribution in [0.3, 0.4) is 0 Å². The Balaban J connectivity index is 2.31.